The molecule has 0 radical (unpaired) electrons. The number of nitro groups is 1. The summed E-state index contributed by atoms with van der Waals surface area (Å²) in [6, 6.07) is 13.9. The average molecular weight is 489 g/mol. The number of likely N-dealkylation sites (N-methyl/N-ethyl adjacent to an activating group) is 2. The molecule has 0 bridgehead atoms. The maximum atomic E-state index is 10.5. The fourth-order valence-electron chi connectivity index (χ4n) is 3.94. The number of nitro benzene ring substituents is 1. The van der Waals surface area contributed by atoms with E-state index in [0.717, 1.165) is 63.5 Å². The summed E-state index contributed by atoms with van der Waals surface area (Å²) >= 11 is 0. The highest BCUT2D eigenvalue weighted by Crippen LogP contribution is 2.21. The molecule has 0 spiro atoms. The molecule has 35 heavy (non-hydrogen) atoms. The average Bonchev–Trinajstić information content (AvgIpc) is 3.51. The Labute approximate surface area is 208 Å². The van der Waals surface area contributed by atoms with Crippen molar-refractivity contribution in [3.8, 4) is 11.5 Å². The van der Waals surface area contributed by atoms with Gasteiger partial charge in [0.1, 0.15) is 23.7 Å². The van der Waals surface area contributed by atoms with Gasteiger partial charge in [0.2, 0.25) is 0 Å². The molecule has 194 valence electrons. The molecule has 3 N–H and O–H groups in total. The summed E-state index contributed by atoms with van der Waals surface area (Å²) in [6.07, 6.45) is 2.69. The molecule has 2 aromatic carbocycles. The highest BCUT2D eigenvalue weighted by Gasteiger charge is 2.23. The number of nitrogen functional groups attached to an aromatic ring is 1. The zero-order valence-electron chi connectivity index (χ0n) is 21.1. The van der Waals surface area contributed by atoms with Gasteiger partial charge < -0.3 is 20.3 Å². The molecule has 9 nitrogen and oxygen atoms in total. The van der Waals surface area contributed by atoms with Crippen molar-refractivity contribution >= 4 is 11.4 Å². The number of nitrogens with zero attached hydrogens (tertiary/aromatic N) is 3. The Morgan fingerprint density at radius 1 is 0.886 bits per heavy atom. The van der Waals surface area contributed by atoms with Crippen LogP contribution in [-0.4, -0.2) is 77.9 Å². The molecule has 0 amide bonds. The molecule has 2 aliphatic heterocycles. The Kier molecular flexibility index (Phi) is 12.3. The van der Waals surface area contributed by atoms with Gasteiger partial charge in [-0.3, -0.25) is 19.9 Å². The number of nitrogens with two attached hydrogens (primary N) is 1. The summed E-state index contributed by atoms with van der Waals surface area (Å²) in [7, 11) is 0. The van der Waals surface area contributed by atoms with Gasteiger partial charge in [0.15, 0.2) is 0 Å². The molecule has 4 rings (SSSR count). The van der Waals surface area contributed by atoms with Crippen LogP contribution in [-0.2, 0) is 0 Å². The molecule has 9 heteroatoms. The van der Waals surface area contributed by atoms with E-state index in [-0.39, 0.29) is 18.4 Å². The van der Waals surface area contributed by atoms with Gasteiger partial charge in [0.05, 0.1) is 4.92 Å². The van der Waals surface area contributed by atoms with Crippen molar-refractivity contribution in [3.63, 3.8) is 0 Å². The first-order valence-electron chi connectivity index (χ1n) is 12.4. The lowest BCUT2D eigenvalue weighted by Crippen LogP contribution is -2.24. The first kappa shape index (κ1) is 28.4. The third kappa shape index (κ3) is 10.1. The number of hydrogen-bond acceptors (Lipinski definition) is 8. The normalized spacial score (nSPS) is 19.8. The molecular weight excluding hydrogens is 448 g/mol. The minimum Gasteiger partial charge on any atom is -0.489 e. The van der Waals surface area contributed by atoms with Crippen LogP contribution in [0, 0.1) is 10.1 Å². The van der Waals surface area contributed by atoms with E-state index in [4.69, 9.17) is 20.3 Å². The number of aliphatic hydroxyl groups is 1. The molecule has 2 heterocycles. The zero-order valence-corrected chi connectivity index (χ0v) is 21.1. The summed E-state index contributed by atoms with van der Waals surface area (Å²) in [4.78, 5) is 14.8. The van der Waals surface area contributed by atoms with Crippen LogP contribution in [0.3, 0.4) is 0 Å². The van der Waals surface area contributed by atoms with E-state index < -0.39 is 4.92 Å². The lowest BCUT2D eigenvalue weighted by atomic mass is 10.3. The van der Waals surface area contributed by atoms with Gasteiger partial charge in [-0.05, 0) is 69.3 Å². The van der Waals surface area contributed by atoms with Crippen LogP contribution in [0.2, 0.25) is 0 Å². The maximum absolute atomic E-state index is 10.5. The van der Waals surface area contributed by atoms with Crippen LogP contribution in [0.4, 0.5) is 11.4 Å². The number of rotatable bonds is 7. The van der Waals surface area contributed by atoms with E-state index >= 15 is 0 Å². The Bertz CT molecular complexity index is 863. The molecule has 0 aliphatic carbocycles. The standard InChI is InChI=1S/C12H16N2O3.C12H18N2O.C2H6O/c1-2-13-8-7-12(9-13)17-11-5-3-10(4-6-11)14(15)16;1-2-14-8-7-12(9-14)15-11-5-3-10(13)4-6-11;1-2-3/h3-6,12H,2,7-9H2,1H3;3-6,12H,2,7-9,13H2,1H3;3H,2H2,1H3. The Morgan fingerprint density at radius 3 is 1.63 bits per heavy atom. The van der Waals surface area contributed by atoms with Gasteiger partial charge in [0, 0.05) is 50.6 Å². The number of aliphatic hydroxyl groups excluding tert-OH is 1. The van der Waals surface area contributed by atoms with Crippen LogP contribution >= 0.6 is 0 Å². The fourth-order valence-corrected chi connectivity index (χ4v) is 3.94. The summed E-state index contributed by atoms with van der Waals surface area (Å²) in [5.41, 5.74) is 6.49. The largest absolute Gasteiger partial charge is 0.489 e. The van der Waals surface area contributed by atoms with Gasteiger partial charge in [-0.25, -0.2) is 0 Å². The van der Waals surface area contributed by atoms with Crippen LogP contribution in [0.25, 0.3) is 0 Å². The maximum Gasteiger partial charge on any atom is 0.269 e. The molecule has 2 aromatic rings. The van der Waals surface area contributed by atoms with Crippen molar-refractivity contribution in [1.29, 1.82) is 0 Å². The highest BCUT2D eigenvalue weighted by atomic mass is 16.6. The Balaban J connectivity index is 0.000000223. The predicted molar refractivity (Wildman–Crippen MR) is 139 cm³/mol. The van der Waals surface area contributed by atoms with Crippen molar-refractivity contribution in [2.24, 2.45) is 0 Å². The second-order valence-electron chi connectivity index (χ2n) is 8.48. The van der Waals surface area contributed by atoms with E-state index in [9.17, 15) is 10.1 Å². The number of ether oxygens (including phenoxy) is 2. The van der Waals surface area contributed by atoms with E-state index in [1.54, 1.807) is 19.1 Å². The van der Waals surface area contributed by atoms with Gasteiger partial charge in [-0.15, -0.1) is 0 Å². The van der Waals surface area contributed by atoms with Crippen LogP contribution in [0.15, 0.2) is 48.5 Å². The van der Waals surface area contributed by atoms with Crippen molar-refractivity contribution < 1.29 is 19.5 Å². The quantitative estimate of drug-likeness (QED) is 0.344. The van der Waals surface area contributed by atoms with Crippen LogP contribution < -0.4 is 15.2 Å². The van der Waals surface area contributed by atoms with Crippen LogP contribution in [0.1, 0.15) is 33.6 Å². The SMILES string of the molecule is CCN1CCC(Oc2ccc(N)cc2)C1.CCN1CCC(Oc2ccc([N+](=O)[O-])cc2)C1.CCO. The first-order chi connectivity index (χ1) is 16.9. The van der Waals surface area contributed by atoms with Gasteiger partial charge in [-0.1, -0.05) is 13.8 Å². The predicted octanol–water partition coefficient (Wildman–Crippen LogP) is 3.81. The smallest absolute Gasteiger partial charge is 0.269 e. The summed E-state index contributed by atoms with van der Waals surface area (Å²) in [5, 5.41) is 18.1. The second-order valence-corrected chi connectivity index (χ2v) is 8.48. The topological polar surface area (TPSA) is 114 Å². The lowest BCUT2D eigenvalue weighted by Gasteiger charge is -2.15. The molecule has 0 aromatic heterocycles. The van der Waals surface area contributed by atoms with Crippen LogP contribution in [0.5, 0.6) is 11.5 Å². The Hall–Kier alpha value is -2.88. The summed E-state index contributed by atoms with van der Waals surface area (Å²) in [6.45, 7) is 12.6. The van der Waals surface area contributed by atoms with Gasteiger partial charge in [0.25, 0.3) is 5.69 Å². The van der Waals surface area contributed by atoms with Gasteiger partial charge >= 0.3 is 0 Å². The molecule has 2 fully saturated rings. The van der Waals surface area contributed by atoms with Crippen molar-refractivity contribution in [2.75, 3.05) is 51.6 Å². The lowest BCUT2D eigenvalue weighted by molar-refractivity contribution is -0.384. The second kappa shape index (κ2) is 15.2. The van der Waals surface area contributed by atoms with Crippen molar-refractivity contribution in [1.82, 2.24) is 9.80 Å². The molecule has 2 unspecified atom stereocenters. The fraction of sp³-hybridized carbons (Fsp3) is 0.538. The van der Waals surface area contributed by atoms with Gasteiger partial charge in [-0.2, -0.15) is 0 Å². The number of likely N-dealkylation sites (tertiary alicyclic amines) is 2. The molecule has 2 aliphatic rings. The minimum atomic E-state index is -0.405. The van der Waals surface area contributed by atoms with E-state index in [2.05, 4.69) is 23.6 Å². The summed E-state index contributed by atoms with van der Waals surface area (Å²) in [5.74, 6) is 1.63. The molecule has 0 saturated carbocycles. The third-order valence-corrected chi connectivity index (χ3v) is 5.89. The zero-order chi connectivity index (χ0) is 25.6. The van der Waals surface area contributed by atoms with E-state index in [1.807, 2.05) is 24.3 Å². The van der Waals surface area contributed by atoms with E-state index in [1.165, 1.54) is 12.1 Å². The van der Waals surface area contributed by atoms with E-state index in [0.29, 0.717) is 11.9 Å². The van der Waals surface area contributed by atoms with Crippen molar-refractivity contribution in [3.05, 3.63) is 58.6 Å². The first-order valence-corrected chi connectivity index (χ1v) is 12.4. The van der Waals surface area contributed by atoms with Crippen molar-refractivity contribution in [2.45, 2.75) is 45.8 Å². The molecule has 2 saturated heterocycles. The molecule has 2 atom stereocenters. The number of anilines is 1. The number of hydrogen-bond donors (Lipinski definition) is 2. The summed E-state index contributed by atoms with van der Waals surface area (Å²) < 4.78 is 11.6. The third-order valence-electron chi connectivity index (χ3n) is 5.89. The molecular formula is C26H40N4O5. The minimum absolute atomic E-state index is 0.0963. The Morgan fingerprint density at radius 2 is 1.29 bits per heavy atom. The number of non-ortho nitro benzene ring substituents is 1. The number of benzene rings is 2. The monoisotopic (exact) mass is 488 g/mol. The highest BCUT2D eigenvalue weighted by molar-refractivity contribution is 5.41.